The predicted octanol–water partition coefficient (Wildman–Crippen LogP) is 1.51. The van der Waals surface area contributed by atoms with Crippen LogP contribution in [0.3, 0.4) is 0 Å². The van der Waals surface area contributed by atoms with Gasteiger partial charge in [-0.15, -0.1) is 24.9 Å². The number of benzene rings is 1. The van der Waals surface area contributed by atoms with Crippen molar-refractivity contribution in [1.82, 2.24) is 9.80 Å². The number of nitrogens with zero attached hydrogens (tertiary/aromatic N) is 2. The number of anilines is 1. The highest BCUT2D eigenvalue weighted by atomic mass is 32.2. The Bertz CT molecular complexity index is 682. The molecule has 7 nitrogen and oxygen atoms in total. The lowest BCUT2D eigenvalue weighted by molar-refractivity contribution is -0.274. The summed E-state index contributed by atoms with van der Waals surface area (Å²) in [5, 5.41) is 2.47. The molecule has 2 rings (SSSR count). The summed E-state index contributed by atoms with van der Waals surface area (Å²) in [6.07, 6.45) is -4.79. The molecule has 0 atom stereocenters. The van der Waals surface area contributed by atoms with Crippen LogP contribution in [0.15, 0.2) is 24.3 Å². The summed E-state index contributed by atoms with van der Waals surface area (Å²) in [6, 6.07) is 4.63. The number of likely N-dealkylation sites (N-methyl/N-ethyl adjacent to an activating group) is 1. The summed E-state index contributed by atoms with van der Waals surface area (Å²) in [5.41, 5.74) is 0.261. The van der Waals surface area contributed by atoms with Gasteiger partial charge in [-0.05, 0) is 24.3 Å². The first-order valence-corrected chi connectivity index (χ1v) is 8.54. The molecule has 1 heterocycles. The lowest BCUT2D eigenvalue weighted by Gasteiger charge is -2.20. The molecule has 1 saturated heterocycles. The fourth-order valence-electron chi connectivity index (χ4n) is 2.07. The summed E-state index contributed by atoms with van der Waals surface area (Å²) < 4.78 is 40.0. The molecule has 1 aromatic rings. The molecule has 1 aromatic carbocycles. The van der Waals surface area contributed by atoms with Gasteiger partial charge in [0.2, 0.25) is 17.7 Å². The molecular weight excluding hydrogens is 375 g/mol. The Labute approximate surface area is 151 Å². The van der Waals surface area contributed by atoms with Crippen molar-refractivity contribution in [2.24, 2.45) is 0 Å². The molecule has 11 heteroatoms. The van der Waals surface area contributed by atoms with Crippen molar-refractivity contribution in [2.75, 3.05) is 37.1 Å². The van der Waals surface area contributed by atoms with E-state index in [9.17, 15) is 27.6 Å². The SMILES string of the molecule is CN(CC(=O)Nc1ccc(OC(F)(F)F)cc1)C(=O)CN1CSCC1=O. The standard InChI is InChI=1S/C15H16F3N3O4S/c1-20(13(23)7-21-9-26-8-14(21)24)6-12(22)19-10-2-4-11(5-3-10)25-15(16,17)18/h2-5H,6-9H2,1H3,(H,19,22). The quantitative estimate of drug-likeness (QED) is 0.796. The van der Waals surface area contributed by atoms with E-state index in [0.717, 1.165) is 12.1 Å². The molecule has 142 valence electrons. The lowest BCUT2D eigenvalue weighted by atomic mass is 10.3. The van der Waals surface area contributed by atoms with E-state index in [-0.39, 0.29) is 30.6 Å². The number of hydrogen-bond donors (Lipinski definition) is 1. The van der Waals surface area contributed by atoms with Gasteiger partial charge in [-0.1, -0.05) is 0 Å². The number of hydrogen-bond acceptors (Lipinski definition) is 5. The van der Waals surface area contributed by atoms with E-state index in [1.165, 1.54) is 40.7 Å². The second-order valence-electron chi connectivity index (χ2n) is 5.44. The average Bonchev–Trinajstić information content (AvgIpc) is 2.92. The molecule has 0 spiro atoms. The Balaban J connectivity index is 1.81. The van der Waals surface area contributed by atoms with E-state index in [1.807, 2.05) is 0 Å². The maximum atomic E-state index is 12.1. The van der Waals surface area contributed by atoms with Crippen LogP contribution in [0.2, 0.25) is 0 Å². The van der Waals surface area contributed by atoms with Gasteiger partial charge in [-0.25, -0.2) is 0 Å². The third-order valence-corrected chi connectivity index (χ3v) is 4.27. The summed E-state index contributed by atoms with van der Waals surface area (Å²) in [7, 11) is 1.43. The molecule has 0 saturated carbocycles. The zero-order chi connectivity index (χ0) is 19.3. The van der Waals surface area contributed by atoms with Crippen molar-refractivity contribution in [3.05, 3.63) is 24.3 Å². The minimum absolute atomic E-state index is 0.0981. The van der Waals surface area contributed by atoms with Gasteiger partial charge in [0.1, 0.15) is 12.3 Å². The predicted molar refractivity (Wildman–Crippen MR) is 88.4 cm³/mol. The Morgan fingerprint density at radius 1 is 1.31 bits per heavy atom. The summed E-state index contributed by atoms with van der Waals surface area (Å²) in [6.45, 7) is -0.353. The Kier molecular flexibility index (Phi) is 6.35. The molecule has 0 bridgehead atoms. The van der Waals surface area contributed by atoms with Gasteiger partial charge >= 0.3 is 6.36 Å². The summed E-state index contributed by atoms with van der Waals surface area (Å²) >= 11 is 1.41. The van der Waals surface area contributed by atoms with Crippen molar-refractivity contribution in [3.8, 4) is 5.75 Å². The van der Waals surface area contributed by atoms with Crippen LogP contribution in [0.25, 0.3) is 0 Å². The Morgan fingerprint density at radius 3 is 2.50 bits per heavy atom. The average molecular weight is 391 g/mol. The highest BCUT2D eigenvalue weighted by Crippen LogP contribution is 2.23. The number of alkyl halides is 3. The van der Waals surface area contributed by atoms with Crippen LogP contribution < -0.4 is 10.1 Å². The molecule has 0 aromatic heterocycles. The number of thioether (sulfide) groups is 1. The van der Waals surface area contributed by atoms with Crippen LogP contribution in [-0.4, -0.2) is 65.7 Å². The Morgan fingerprint density at radius 2 is 1.96 bits per heavy atom. The van der Waals surface area contributed by atoms with Crippen LogP contribution in [0, 0.1) is 0 Å². The number of carbonyl (C=O) groups is 3. The van der Waals surface area contributed by atoms with Crippen LogP contribution in [0.5, 0.6) is 5.75 Å². The normalized spacial score (nSPS) is 14.3. The van der Waals surface area contributed by atoms with E-state index in [2.05, 4.69) is 10.1 Å². The zero-order valence-electron chi connectivity index (χ0n) is 13.7. The van der Waals surface area contributed by atoms with Crippen molar-refractivity contribution >= 4 is 35.2 Å². The smallest absolute Gasteiger partial charge is 0.406 e. The van der Waals surface area contributed by atoms with Gasteiger partial charge in [0.15, 0.2) is 0 Å². The first-order chi connectivity index (χ1) is 12.1. The van der Waals surface area contributed by atoms with Gasteiger partial charge < -0.3 is 19.9 Å². The molecule has 26 heavy (non-hydrogen) atoms. The monoisotopic (exact) mass is 391 g/mol. The third-order valence-electron chi connectivity index (χ3n) is 3.33. The number of carbonyl (C=O) groups excluding carboxylic acids is 3. The first kappa shape index (κ1) is 19.9. The molecule has 1 aliphatic heterocycles. The van der Waals surface area contributed by atoms with Crippen molar-refractivity contribution in [2.45, 2.75) is 6.36 Å². The second-order valence-corrected chi connectivity index (χ2v) is 6.39. The maximum Gasteiger partial charge on any atom is 0.573 e. The topological polar surface area (TPSA) is 79.0 Å². The fraction of sp³-hybridized carbons (Fsp3) is 0.400. The minimum atomic E-state index is -4.79. The van der Waals surface area contributed by atoms with Crippen molar-refractivity contribution in [3.63, 3.8) is 0 Å². The number of amides is 3. The largest absolute Gasteiger partial charge is 0.573 e. The maximum absolute atomic E-state index is 12.1. The van der Waals surface area contributed by atoms with Crippen molar-refractivity contribution in [1.29, 1.82) is 0 Å². The number of ether oxygens (including phenoxy) is 1. The van der Waals surface area contributed by atoms with E-state index in [0.29, 0.717) is 11.6 Å². The van der Waals surface area contributed by atoms with Crippen LogP contribution in [0.1, 0.15) is 0 Å². The fourth-order valence-corrected chi connectivity index (χ4v) is 2.97. The number of rotatable bonds is 6. The van der Waals surface area contributed by atoms with Gasteiger partial charge in [0.05, 0.1) is 18.2 Å². The number of halogens is 3. The first-order valence-electron chi connectivity index (χ1n) is 7.39. The van der Waals surface area contributed by atoms with Gasteiger partial charge in [0, 0.05) is 12.7 Å². The molecule has 0 aliphatic carbocycles. The molecule has 3 amide bonds. The second kappa shape index (κ2) is 8.30. The molecule has 1 N–H and O–H groups in total. The zero-order valence-corrected chi connectivity index (χ0v) is 14.5. The van der Waals surface area contributed by atoms with E-state index in [1.54, 1.807) is 0 Å². The molecule has 1 aliphatic rings. The molecule has 0 unspecified atom stereocenters. The van der Waals surface area contributed by atoms with Crippen LogP contribution in [-0.2, 0) is 14.4 Å². The van der Waals surface area contributed by atoms with Crippen LogP contribution >= 0.6 is 11.8 Å². The summed E-state index contributed by atoms with van der Waals surface area (Å²) in [5.74, 6) is -0.654. The van der Waals surface area contributed by atoms with Crippen LogP contribution in [0.4, 0.5) is 18.9 Å². The van der Waals surface area contributed by atoms with Crippen molar-refractivity contribution < 1.29 is 32.3 Å². The lowest BCUT2D eigenvalue weighted by Crippen LogP contribution is -2.42. The van der Waals surface area contributed by atoms with Gasteiger partial charge in [-0.3, -0.25) is 14.4 Å². The third kappa shape index (κ3) is 6.14. The van der Waals surface area contributed by atoms with Gasteiger partial charge in [-0.2, -0.15) is 0 Å². The molecular formula is C15H16F3N3O4S. The van der Waals surface area contributed by atoms with E-state index >= 15 is 0 Å². The highest BCUT2D eigenvalue weighted by molar-refractivity contribution is 8.00. The van der Waals surface area contributed by atoms with E-state index < -0.39 is 18.0 Å². The highest BCUT2D eigenvalue weighted by Gasteiger charge is 2.31. The van der Waals surface area contributed by atoms with Gasteiger partial charge in [0.25, 0.3) is 0 Å². The minimum Gasteiger partial charge on any atom is -0.406 e. The van der Waals surface area contributed by atoms with E-state index in [4.69, 9.17) is 0 Å². The molecule has 0 radical (unpaired) electrons. The Hall–Kier alpha value is -2.43. The number of nitrogens with one attached hydrogen (secondary N) is 1. The summed E-state index contributed by atoms with van der Waals surface area (Å²) in [4.78, 5) is 38.0. The molecule has 1 fully saturated rings.